The van der Waals surface area contributed by atoms with Crippen molar-refractivity contribution in [2.75, 3.05) is 10.6 Å². The lowest BCUT2D eigenvalue weighted by molar-refractivity contribution is 0.0697. The lowest BCUT2D eigenvalue weighted by atomic mass is 10.1. The number of nitrogens with one attached hydrogen (secondary N) is 2. The standard InChI is InChI=1S/C14H13N3O3/c1-9-7-10(13(18)19)4-5-12(9)17-14(20)16-11-3-2-6-15-8-11/h2-8H,1H3,(H,18,19)(H2,16,17,20). The zero-order chi connectivity index (χ0) is 14.5. The van der Waals surface area contributed by atoms with E-state index in [0.717, 1.165) is 0 Å². The van der Waals surface area contributed by atoms with Crippen LogP contribution in [0.5, 0.6) is 0 Å². The summed E-state index contributed by atoms with van der Waals surface area (Å²) in [5, 5.41) is 14.2. The van der Waals surface area contributed by atoms with Gasteiger partial charge in [-0.3, -0.25) is 4.98 Å². The number of carbonyl (C=O) groups excluding carboxylic acids is 1. The molecule has 6 nitrogen and oxygen atoms in total. The zero-order valence-corrected chi connectivity index (χ0v) is 10.8. The number of aromatic carboxylic acids is 1. The lowest BCUT2D eigenvalue weighted by Crippen LogP contribution is -2.20. The van der Waals surface area contributed by atoms with Crippen molar-refractivity contribution in [3.05, 3.63) is 53.9 Å². The van der Waals surface area contributed by atoms with Crippen LogP contribution in [0, 0.1) is 6.92 Å². The van der Waals surface area contributed by atoms with Crippen molar-refractivity contribution in [3.8, 4) is 0 Å². The fourth-order valence-corrected chi connectivity index (χ4v) is 1.66. The molecule has 0 aliphatic heterocycles. The van der Waals surface area contributed by atoms with Crippen molar-refractivity contribution in [2.24, 2.45) is 0 Å². The second-order valence-corrected chi connectivity index (χ2v) is 4.16. The molecule has 0 radical (unpaired) electrons. The number of urea groups is 1. The van der Waals surface area contributed by atoms with Gasteiger partial charge in [0.05, 0.1) is 17.4 Å². The highest BCUT2D eigenvalue weighted by molar-refractivity contribution is 6.00. The van der Waals surface area contributed by atoms with E-state index >= 15 is 0 Å². The Bertz CT molecular complexity index is 641. The number of anilines is 2. The van der Waals surface area contributed by atoms with E-state index in [0.29, 0.717) is 16.9 Å². The smallest absolute Gasteiger partial charge is 0.335 e. The Labute approximate surface area is 115 Å². The number of carboxylic acids is 1. The summed E-state index contributed by atoms with van der Waals surface area (Å²) in [6, 6.07) is 7.51. The van der Waals surface area contributed by atoms with Crippen molar-refractivity contribution in [1.29, 1.82) is 0 Å². The summed E-state index contributed by atoms with van der Waals surface area (Å²) in [7, 11) is 0. The van der Waals surface area contributed by atoms with Crippen LogP contribution in [0.3, 0.4) is 0 Å². The molecule has 2 amide bonds. The summed E-state index contributed by atoms with van der Waals surface area (Å²) in [5.41, 5.74) is 1.98. The highest BCUT2D eigenvalue weighted by atomic mass is 16.4. The monoisotopic (exact) mass is 271 g/mol. The molecule has 0 aliphatic carbocycles. The molecule has 1 aromatic carbocycles. The maximum Gasteiger partial charge on any atom is 0.335 e. The van der Waals surface area contributed by atoms with Gasteiger partial charge in [-0.25, -0.2) is 9.59 Å². The van der Waals surface area contributed by atoms with Crippen LogP contribution in [0.4, 0.5) is 16.2 Å². The summed E-state index contributed by atoms with van der Waals surface area (Å²) in [6.07, 6.45) is 3.14. The highest BCUT2D eigenvalue weighted by Crippen LogP contribution is 2.17. The number of pyridine rings is 1. The first-order chi connectivity index (χ1) is 9.56. The number of hydrogen-bond acceptors (Lipinski definition) is 3. The predicted octanol–water partition coefficient (Wildman–Crippen LogP) is 2.73. The average Bonchev–Trinajstić information content (AvgIpc) is 2.42. The van der Waals surface area contributed by atoms with Gasteiger partial charge in [0, 0.05) is 11.9 Å². The van der Waals surface area contributed by atoms with Crippen LogP contribution in [0.25, 0.3) is 0 Å². The molecule has 0 saturated carbocycles. The van der Waals surface area contributed by atoms with Crippen LogP contribution in [0.15, 0.2) is 42.7 Å². The number of aryl methyl sites for hydroxylation is 1. The first-order valence-electron chi connectivity index (χ1n) is 5.88. The van der Waals surface area contributed by atoms with E-state index in [4.69, 9.17) is 5.11 Å². The molecule has 2 rings (SSSR count). The van der Waals surface area contributed by atoms with Crippen LogP contribution in [0.1, 0.15) is 15.9 Å². The molecule has 6 heteroatoms. The van der Waals surface area contributed by atoms with Gasteiger partial charge in [0.25, 0.3) is 0 Å². The van der Waals surface area contributed by atoms with Gasteiger partial charge in [0.1, 0.15) is 0 Å². The highest BCUT2D eigenvalue weighted by Gasteiger charge is 2.08. The molecular formula is C14H13N3O3. The van der Waals surface area contributed by atoms with Gasteiger partial charge in [-0.1, -0.05) is 0 Å². The third kappa shape index (κ3) is 3.32. The minimum absolute atomic E-state index is 0.181. The van der Waals surface area contributed by atoms with E-state index < -0.39 is 12.0 Å². The maximum atomic E-state index is 11.8. The summed E-state index contributed by atoms with van der Waals surface area (Å²) in [4.78, 5) is 26.5. The molecule has 0 bridgehead atoms. The number of amides is 2. The molecule has 1 aromatic heterocycles. The second kappa shape index (κ2) is 5.83. The Hall–Kier alpha value is -2.89. The number of rotatable bonds is 3. The minimum atomic E-state index is -1.00. The largest absolute Gasteiger partial charge is 0.478 e. The molecule has 0 saturated heterocycles. The summed E-state index contributed by atoms with van der Waals surface area (Å²) < 4.78 is 0. The van der Waals surface area contributed by atoms with Gasteiger partial charge in [-0.15, -0.1) is 0 Å². The first kappa shape index (κ1) is 13.5. The molecule has 3 N–H and O–H groups in total. The van der Waals surface area contributed by atoms with Crippen LogP contribution in [0.2, 0.25) is 0 Å². The van der Waals surface area contributed by atoms with E-state index in [1.807, 2.05) is 0 Å². The molecule has 0 fully saturated rings. The molecule has 2 aromatic rings. The average molecular weight is 271 g/mol. The summed E-state index contributed by atoms with van der Waals surface area (Å²) >= 11 is 0. The molecule has 20 heavy (non-hydrogen) atoms. The van der Waals surface area contributed by atoms with E-state index in [9.17, 15) is 9.59 Å². The van der Waals surface area contributed by atoms with Gasteiger partial charge in [0.15, 0.2) is 0 Å². The molecule has 102 valence electrons. The zero-order valence-electron chi connectivity index (χ0n) is 10.8. The van der Waals surface area contributed by atoms with Crippen LogP contribution in [-0.4, -0.2) is 22.1 Å². The Morgan fingerprint density at radius 3 is 2.60 bits per heavy atom. The number of carbonyl (C=O) groups is 2. The molecule has 1 heterocycles. The van der Waals surface area contributed by atoms with Gasteiger partial charge < -0.3 is 15.7 Å². The molecule has 0 unspecified atom stereocenters. The van der Waals surface area contributed by atoms with Crippen molar-refractivity contribution in [3.63, 3.8) is 0 Å². The fraction of sp³-hybridized carbons (Fsp3) is 0.0714. The molecular weight excluding hydrogens is 258 g/mol. The quantitative estimate of drug-likeness (QED) is 0.800. The Balaban J connectivity index is 2.06. The first-order valence-corrected chi connectivity index (χ1v) is 5.88. The Morgan fingerprint density at radius 1 is 1.20 bits per heavy atom. The number of benzene rings is 1. The predicted molar refractivity (Wildman–Crippen MR) is 75.0 cm³/mol. The van der Waals surface area contributed by atoms with Gasteiger partial charge in [-0.05, 0) is 42.8 Å². The SMILES string of the molecule is Cc1cc(C(=O)O)ccc1NC(=O)Nc1cccnc1. The summed E-state index contributed by atoms with van der Waals surface area (Å²) in [5.74, 6) is -1.00. The molecule has 0 aliphatic rings. The van der Waals surface area contributed by atoms with E-state index in [2.05, 4.69) is 15.6 Å². The number of hydrogen-bond donors (Lipinski definition) is 3. The Kier molecular flexibility index (Phi) is 3.95. The summed E-state index contributed by atoms with van der Waals surface area (Å²) in [6.45, 7) is 1.73. The third-order valence-corrected chi connectivity index (χ3v) is 2.64. The van der Waals surface area contributed by atoms with Crippen molar-refractivity contribution >= 4 is 23.4 Å². The second-order valence-electron chi connectivity index (χ2n) is 4.16. The number of aromatic nitrogens is 1. The third-order valence-electron chi connectivity index (χ3n) is 2.64. The maximum absolute atomic E-state index is 11.8. The van der Waals surface area contributed by atoms with E-state index in [1.54, 1.807) is 31.3 Å². The Morgan fingerprint density at radius 2 is 2.00 bits per heavy atom. The fourth-order valence-electron chi connectivity index (χ4n) is 1.66. The van der Waals surface area contributed by atoms with Gasteiger partial charge in [0.2, 0.25) is 0 Å². The number of carboxylic acid groups (broad SMARTS) is 1. The normalized spacial score (nSPS) is 9.85. The topological polar surface area (TPSA) is 91.3 Å². The van der Waals surface area contributed by atoms with Crippen LogP contribution >= 0.6 is 0 Å². The van der Waals surface area contributed by atoms with Crippen molar-refractivity contribution in [2.45, 2.75) is 6.92 Å². The van der Waals surface area contributed by atoms with Crippen LogP contribution in [-0.2, 0) is 0 Å². The molecule has 0 atom stereocenters. The lowest BCUT2D eigenvalue weighted by Gasteiger charge is -2.10. The van der Waals surface area contributed by atoms with Crippen molar-refractivity contribution in [1.82, 2.24) is 4.98 Å². The van der Waals surface area contributed by atoms with Crippen LogP contribution < -0.4 is 10.6 Å². The minimum Gasteiger partial charge on any atom is -0.478 e. The van der Waals surface area contributed by atoms with Gasteiger partial charge in [-0.2, -0.15) is 0 Å². The number of nitrogens with zero attached hydrogens (tertiary/aromatic N) is 1. The van der Waals surface area contributed by atoms with E-state index in [-0.39, 0.29) is 5.56 Å². The van der Waals surface area contributed by atoms with Crippen molar-refractivity contribution < 1.29 is 14.7 Å². The van der Waals surface area contributed by atoms with Gasteiger partial charge >= 0.3 is 12.0 Å². The molecule has 0 spiro atoms. The van der Waals surface area contributed by atoms with E-state index in [1.165, 1.54) is 18.3 Å².